The fraction of sp³-hybridized carbons (Fsp3) is 0.250. The van der Waals surface area contributed by atoms with Crippen LogP contribution in [0.1, 0.15) is 28.8 Å². The van der Waals surface area contributed by atoms with Crippen LogP contribution in [0.4, 0.5) is 11.4 Å². The van der Waals surface area contributed by atoms with Gasteiger partial charge < -0.3 is 15.0 Å². The van der Waals surface area contributed by atoms with E-state index in [0.717, 1.165) is 12.0 Å². The summed E-state index contributed by atoms with van der Waals surface area (Å²) in [5, 5.41) is 3.11. The van der Waals surface area contributed by atoms with Crippen molar-refractivity contribution < 1.29 is 19.1 Å². The zero-order chi connectivity index (χ0) is 19.0. The maximum Gasteiger partial charge on any atom is 0.339 e. The molecule has 0 spiro atoms. The van der Waals surface area contributed by atoms with Crippen molar-refractivity contribution in [3.05, 3.63) is 58.6 Å². The second kappa shape index (κ2) is 7.04. The molecule has 1 N–H and O–H groups in total. The minimum absolute atomic E-state index is 0.0430. The molecule has 2 aliphatic rings. The van der Waals surface area contributed by atoms with Crippen molar-refractivity contribution in [1.29, 1.82) is 0 Å². The topological polar surface area (TPSA) is 75.7 Å². The van der Waals surface area contributed by atoms with Crippen molar-refractivity contribution in [3.63, 3.8) is 0 Å². The Kier molecular flexibility index (Phi) is 4.58. The minimum atomic E-state index is -0.897. The summed E-state index contributed by atoms with van der Waals surface area (Å²) in [7, 11) is 0. The second-order valence-electron chi connectivity index (χ2n) is 6.56. The summed E-state index contributed by atoms with van der Waals surface area (Å²) in [6.07, 6.45) is 0.749. The van der Waals surface area contributed by atoms with Crippen LogP contribution in [0.2, 0.25) is 5.02 Å². The molecule has 0 aliphatic carbocycles. The Morgan fingerprint density at radius 3 is 2.74 bits per heavy atom. The Morgan fingerprint density at radius 1 is 1.19 bits per heavy atom. The van der Waals surface area contributed by atoms with Crippen molar-refractivity contribution in [2.75, 3.05) is 16.8 Å². The van der Waals surface area contributed by atoms with Gasteiger partial charge in [-0.1, -0.05) is 29.8 Å². The summed E-state index contributed by atoms with van der Waals surface area (Å²) >= 11 is 6.30. The first-order valence-electron chi connectivity index (χ1n) is 8.72. The van der Waals surface area contributed by atoms with Crippen LogP contribution in [0.25, 0.3) is 0 Å². The molecule has 1 saturated heterocycles. The summed E-state index contributed by atoms with van der Waals surface area (Å²) in [6.45, 7) is 0.641. The van der Waals surface area contributed by atoms with Crippen LogP contribution in [0.3, 0.4) is 0 Å². The smallest absolute Gasteiger partial charge is 0.339 e. The zero-order valence-corrected chi connectivity index (χ0v) is 15.2. The number of rotatable bonds is 3. The van der Waals surface area contributed by atoms with E-state index < -0.39 is 18.0 Å². The highest BCUT2D eigenvalue weighted by molar-refractivity contribution is 6.34. The number of nitrogens with zero attached hydrogens (tertiary/aromatic N) is 1. The maximum atomic E-state index is 12.5. The predicted molar refractivity (Wildman–Crippen MR) is 101 cm³/mol. The molecule has 2 heterocycles. The number of esters is 1. The standard InChI is InChI=1S/C20H17ClN2O4/c21-15-11-13(7-8-16(15)23-9-3-6-18(23)24)22-19(25)17-10-12-4-1-2-5-14(12)20(26)27-17/h1-2,4-5,7-8,11,17H,3,6,9-10H2,(H,22,25). The molecule has 0 aromatic heterocycles. The molecule has 7 heteroatoms. The molecule has 0 saturated carbocycles. The number of cyclic esters (lactones) is 1. The van der Waals surface area contributed by atoms with Gasteiger partial charge in [0, 0.05) is 25.1 Å². The van der Waals surface area contributed by atoms with E-state index in [9.17, 15) is 14.4 Å². The van der Waals surface area contributed by atoms with Crippen LogP contribution in [0, 0.1) is 0 Å². The molecular formula is C20H17ClN2O4. The molecule has 6 nitrogen and oxygen atoms in total. The van der Waals surface area contributed by atoms with Gasteiger partial charge in [-0.15, -0.1) is 0 Å². The van der Waals surface area contributed by atoms with Crippen LogP contribution in [-0.4, -0.2) is 30.4 Å². The fourth-order valence-electron chi connectivity index (χ4n) is 3.41. The largest absolute Gasteiger partial charge is 0.448 e. The molecule has 0 bridgehead atoms. The summed E-state index contributed by atoms with van der Waals surface area (Å²) in [5.74, 6) is -0.877. The van der Waals surface area contributed by atoms with Crippen LogP contribution < -0.4 is 10.2 Å². The number of carbonyl (C=O) groups excluding carboxylic acids is 3. The van der Waals surface area contributed by atoms with Crippen molar-refractivity contribution in [2.45, 2.75) is 25.4 Å². The second-order valence-corrected chi connectivity index (χ2v) is 6.97. The molecule has 4 rings (SSSR count). The first-order chi connectivity index (χ1) is 13.0. The van der Waals surface area contributed by atoms with E-state index in [-0.39, 0.29) is 5.91 Å². The van der Waals surface area contributed by atoms with Gasteiger partial charge in [-0.3, -0.25) is 9.59 Å². The average molecular weight is 385 g/mol. The number of hydrogen-bond acceptors (Lipinski definition) is 4. The lowest BCUT2D eigenvalue weighted by molar-refractivity contribution is -0.125. The minimum Gasteiger partial charge on any atom is -0.448 e. The molecule has 2 aromatic rings. The molecule has 0 radical (unpaired) electrons. The highest BCUT2D eigenvalue weighted by atomic mass is 35.5. The lowest BCUT2D eigenvalue weighted by atomic mass is 9.98. The lowest BCUT2D eigenvalue weighted by Crippen LogP contribution is -2.38. The van der Waals surface area contributed by atoms with Gasteiger partial charge in [0.25, 0.3) is 5.91 Å². The Bertz CT molecular complexity index is 943. The Hall–Kier alpha value is -2.86. The van der Waals surface area contributed by atoms with E-state index >= 15 is 0 Å². The normalized spacial score (nSPS) is 18.9. The van der Waals surface area contributed by atoms with Gasteiger partial charge in [0.1, 0.15) is 0 Å². The maximum absolute atomic E-state index is 12.5. The summed E-state index contributed by atoms with van der Waals surface area (Å²) in [6, 6.07) is 12.1. The molecule has 1 atom stereocenters. The van der Waals surface area contributed by atoms with Crippen molar-refractivity contribution in [2.24, 2.45) is 0 Å². The zero-order valence-electron chi connectivity index (χ0n) is 14.4. The van der Waals surface area contributed by atoms with Gasteiger partial charge in [-0.2, -0.15) is 0 Å². The third-order valence-electron chi connectivity index (χ3n) is 4.76. The van der Waals surface area contributed by atoms with Crippen molar-refractivity contribution in [1.82, 2.24) is 0 Å². The molecule has 138 valence electrons. The SMILES string of the molecule is O=C1OC(C(=O)Nc2ccc(N3CCCC3=O)c(Cl)c2)Cc2ccccc21. The van der Waals surface area contributed by atoms with E-state index in [4.69, 9.17) is 16.3 Å². The molecular weight excluding hydrogens is 368 g/mol. The van der Waals surface area contributed by atoms with Gasteiger partial charge in [0.2, 0.25) is 5.91 Å². The van der Waals surface area contributed by atoms with Crippen LogP contribution >= 0.6 is 11.6 Å². The van der Waals surface area contributed by atoms with Gasteiger partial charge >= 0.3 is 5.97 Å². The summed E-state index contributed by atoms with van der Waals surface area (Å²) in [5.41, 5.74) is 2.39. The van der Waals surface area contributed by atoms with E-state index in [1.54, 1.807) is 35.2 Å². The number of anilines is 2. The van der Waals surface area contributed by atoms with Gasteiger partial charge in [-0.05, 0) is 36.2 Å². The van der Waals surface area contributed by atoms with E-state index in [2.05, 4.69) is 5.32 Å². The monoisotopic (exact) mass is 384 g/mol. The van der Waals surface area contributed by atoms with Gasteiger partial charge in [-0.25, -0.2) is 4.79 Å². The molecule has 1 fully saturated rings. The Labute approximate surface area is 161 Å². The van der Waals surface area contributed by atoms with E-state index in [1.807, 2.05) is 12.1 Å². The molecule has 1 unspecified atom stereocenters. The molecule has 2 aliphatic heterocycles. The van der Waals surface area contributed by atoms with Gasteiger partial charge in [0.15, 0.2) is 6.10 Å². The van der Waals surface area contributed by atoms with Crippen molar-refractivity contribution >= 4 is 40.8 Å². The lowest BCUT2D eigenvalue weighted by Gasteiger charge is -2.24. The molecule has 27 heavy (non-hydrogen) atoms. The van der Waals surface area contributed by atoms with E-state index in [0.29, 0.717) is 41.3 Å². The Balaban J connectivity index is 1.48. The van der Waals surface area contributed by atoms with Crippen LogP contribution in [0.5, 0.6) is 0 Å². The number of amides is 2. The first kappa shape index (κ1) is 17.5. The number of ether oxygens (including phenoxy) is 1. The van der Waals surface area contributed by atoms with Crippen LogP contribution in [-0.2, 0) is 20.7 Å². The predicted octanol–water partition coefficient (Wildman–Crippen LogP) is 3.19. The summed E-state index contributed by atoms with van der Waals surface area (Å²) in [4.78, 5) is 38.1. The molecule has 2 amide bonds. The Morgan fingerprint density at radius 2 is 2.00 bits per heavy atom. The number of carbonyl (C=O) groups is 3. The quantitative estimate of drug-likeness (QED) is 0.824. The fourth-order valence-corrected chi connectivity index (χ4v) is 3.69. The van der Waals surface area contributed by atoms with Crippen molar-refractivity contribution in [3.8, 4) is 0 Å². The van der Waals surface area contributed by atoms with Gasteiger partial charge in [0.05, 0.1) is 16.3 Å². The van der Waals surface area contributed by atoms with E-state index in [1.165, 1.54) is 0 Å². The third-order valence-corrected chi connectivity index (χ3v) is 5.07. The number of nitrogens with one attached hydrogen (secondary N) is 1. The average Bonchev–Trinajstić information content (AvgIpc) is 3.07. The highest BCUT2D eigenvalue weighted by Gasteiger charge is 2.31. The summed E-state index contributed by atoms with van der Waals surface area (Å²) < 4.78 is 5.26. The molecule has 2 aromatic carbocycles. The number of halogens is 1. The number of benzene rings is 2. The number of hydrogen-bond donors (Lipinski definition) is 1. The highest BCUT2D eigenvalue weighted by Crippen LogP contribution is 2.32. The van der Waals surface area contributed by atoms with Crippen LogP contribution in [0.15, 0.2) is 42.5 Å². The first-order valence-corrected chi connectivity index (χ1v) is 9.10. The number of fused-ring (bicyclic) bond motifs is 1. The third kappa shape index (κ3) is 3.40.